The van der Waals surface area contributed by atoms with Gasteiger partial charge >= 0.3 is 0 Å². The smallest absolute Gasteiger partial charge is 0.255 e. The van der Waals surface area contributed by atoms with Gasteiger partial charge in [0.2, 0.25) is 0 Å². The van der Waals surface area contributed by atoms with E-state index in [1.165, 1.54) is 0 Å². The van der Waals surface area contributed by atoms with E-state index < -0.39 is 0 Å². The van der Waals surface area contributed by atoms with Crippen LogP contribution in [0.3, 0.4) is 0 Å². The van der Waals surface area contributed by atoms with E-state index in [2.05, 4.69) is 20.6 Å². The summed E-state index contributed by atoms with van der Waals surface area (Å²) in [5.74, 6) is 6.16. The Balaban J connectivity index is 0.00000162. The zero-order valence-corrected chi connectivity index (χ0v) is 13.0. The van der Waals surface area contributed by atoms with Gasteiger partial charge < -0.3 is 28.7 Å². The van der Waals surface area contributed by atoms with Gasteiger partial charge in [-0.1, -0.05) is 5.92 Å². The Bertz CT molecular complexity index is 574. The van der Waals surface area contributed by atoms with Crippen molar-refractivity contribution in [3.63, 3.8) is 0 Å². The maximum atomic E-state index is 5.47. The summed E-state index contributed by atoms with van der Waals surface area (Å²) in [5, 5.41) is 0. The Morgan fingerprint density at radius 2 is 2.28 bits per heavy atom. The van der Waals surface area contributed by atoms with Crippen molar-refractivity contribution in [2.75, 3.05) is 6.61 Å². The molecular formula is C12H12IN3OS. The first-order chi connectivity index (χ1) is 8.31. The quantitative estimate of drug-likeness (QED) is 0.371. The Hall–Kier alpha value is -1.20. The second kappa shape index (κ2) is 7.28. The molecule has 18 heavy (non-hydrogen) atoms. The number of rotatable bonds is 3. The molecular weight excluding hydrogens is 361 g/mol. The molecule has 0 radical (unpaired) electrons. The molecule has 0 aliphatic heterocycles. The molecule has 2 aromatic heterocycles. The standard InChI is InChI=1S/C12H12N3OS.HI/c1-3-4-8-16-12-11(13-17-14-12)10-6-5-7-15(2)9-10;/h5-7,9H,8H2,1-2H3;1H/q+1;/p-1. The van der Waals surface area contributed by atoms with Gasteiger partial charge in [-0.05, 0) is 13.0 Å². The van der Waals surface area contributed by atoms with Crippen molar-refractivity contribution in [3.8, 4) is 29.0 Å². The molecule has 0 N–H and O–H groups in total. The molecule has 0 unspecified atom stereocenters. The maximum Gasteiger partial charge on any atom is 0.255 e. The van der Waals surface area contributed by atoms with Crippen LogP contribution in [0.25, 0.3) is 11.3 Å². The third kappa shape index (κ3) is 3.65. The number of nitrogens with zero attached hydrogens (tertiary/aromatic N) is 3. The number of hydrogen-bond donors (Lipinski definition) is 0. The van der Waals surface area contributed by atoms with Gasteiger partial charge in [0.15, 0.2) is 24.7 Å². The minimum atomic E-state index is 0. The van der Waals surface area contributed by atoms with Gasteiger partial charge in [0.25, 0.3) is 5.88 Å². The lowest BCUT2D eigenvalue weighted by molar-refractivity contribution is -0.671. The summed E-state index contributed by atoms with van der Waals surface area (Å²) in [6, 6.07) is 3.94. The van der Waals surface area contributed by atoms with E-state index in [9.17, 15) is 0 Å². The summed E-state index contributed by atoms with van der Waals surface area (Å²) in [6.07, 6.45) is 3.95. The van der Waals surface area contributed by atoms with Gasteiger partial charge in [-0.2, -0.15) is 4.37 Å². The molecule has 0 amide bonds. The van der Waals surface area contributed by atoms with E-state index in [0.29, 0.717) is 12.5 Å². The van der Waals surface area contributed by atoms with Crippen LogP contribution in [0.1, 0.15) is 6.92 Å². The summed E-state index contributed by atoms with van der Waals surface area (Å²) in [4.78, 5) is 0. The van der Waals surface area contributed by atoms with Crippen molar-refractivity contribution in [1.29, 1.82) is 0 Å². The number of aromatic nitrogens is 3. The van der Waals surface area contributed by atoms with Crippen molar-refractivity contribution in [2.24, 2.45) is 7.05 Å². The third-order valence-electron chi connectivity index (χ3n) is 2.13. The predicted molar refractivity (Wildman–Crippen MR) is 65.5 cm³/mol. The molecule has 0 spiro atoms. The van der Waals surface area contributed by atoms with Crippen LogP contribution in [0.15, 0.2) is 24.5 Å². The van der Waals surface area contributed by atoms with Gasteiger partial charge in [0.05, 0.1) is 17.3 Å². The summed E-state index contributed by atoms with van der Waals surface area (Å²) in [7, 11) is 1.96. The summed E-state index contributed by atoms with van der Waals surface area (Å²) in [5.41, 5.74) is 1.76. The fourth-order valence-electron chi connectivity index (χ4n) is 1.36. The van der Waals surface area contributed by atoms with Crippen molar-refractivity contribution in [3.05, 3.63) is 24.5 Å². The molecule has 94 valence electrons. The third-order valence-corrected chi connectivity index (χ3v) is 2.64. The number of pyridine rings is 1. The molecule has 0 aromatic carbocycles. The molecule has 0 saturated heterocycles. The van der Waals surface area contributed by atoms with Crippen LogP contribution in [-0.2, 0) is 7.05 Å². The summed E-state index contributed by atoms with van der Waals surface area (Å²) >= 11 is 1.14. The number of aryl methyl sites for hydroxylation is 1. The first-order valence-corrected chi connectivity index (χ1v) is 5.85. The van der Waals surface area contributed by atoms with Gasteiger partial charge in [-0.15, -0.1) is 10.3 Å². The van der Waals surface area contributed by atoms with Crippen LogP contribution >= 0.6 is 11.7 Å². The Morgan fingerprint density at radius 3 is 3.00 bits per heavy atom. The molecule has 0 aliphatic rings. The van der Waals surface area contributed by atoms with E-state index >= 15 is 0 Å². The molecule has 0 fully saturated rings. The van der Waals surface area contributed by atoms with Crippen LogP contribution < -0.4 is 33.3 Å². The number of ether oxygens (including phenoxy) is 1. The van der Waals surface area contributed by atoms with Crippen LogP contribution in [0.5, 0.6) is 5.88 Å². The highest BCUT2D eigenvalue weighted by atomic mass is 127. The molecule has 2 rings (SSSR count). The van der Waals surface area contributed by atoms with Crippen molar-refractivity contribution in [2.45, 2.75) is 6.92 Å². The monoisotopic (exact) mass is 373 g/mol. The molecule has 0 bridgehead atoms. The highest BCUT2D eigenvalue weighted by Gasteiger charge is 2.13. The summed E-state index contributed by atoms with van der Waals surface area (Å²) in [6.45, 7) is 2.12. The van der Waals surface area contributed by atoms with Gasteiger partial charge in [-0.25, -0.2) is 4.57 Å². The lowest BCUT2D eigenvalue weighted by atomic mass is 10.2. The van der Waals surface area contributed by atoms with Crippen molar-refractivity contribution >= 4 is 11.7 Å². The molecule has 2 aromatic rings. The average molecular weight is 373 g/mol. The summed E-state index contributed by atoms with van der Waals surface area (Å²) < 4.78 is 15.8. The number of halogens is 1. The molecule has 4 nitrogen and oxygen atoms in total. The lowest BCUT2D eigenvalue weighted by Crippen LogP contribution is -3.00. The van der Waals surface area contributed by atoms with E-state index in [1.807, 2.05) is 36.1 Å². The van der Waals surface area contributed by atoms with Crippen LogP contribution in [-0.4, -0.2) is 15.4 Å². The van der Waals surface area contributed by atoms with E-state index in [4.69, 9.17) is 4.74 Å². The minimum Gasteiger partial charge on any atom is -1.00 e. The molecule has 6 heteroatoms. The molecule has 0 saturated carbocycles. The Labute approximate surface area is 127 Å². The lowest BCUT2D eigenvalue weighted by Gasteiger charge is -1.99. The highest BCUT2D eigenvalue weighted by Crippen LogP contribution is 2.26. The minimum absolute atomic E-state index is 0. The van der Waals surface area contributed by atoms with Gasteiger partial charge in [-0.3, -0.25) is 0 Å². The molecule has 0 atom stereocenters. The molecule has 0 aliphatic carbocycles. The van der Waals surface area contributed by atoms with Crippen molar-refractivity contribution in [1.82, 2.24) is 8.75 Å². The predicted octanol–water partition coefficient (Wildman–Crippen LogP) is -1.56. The fraction of sp³-hybridized carbons (Fsp3) is 0.250. The average Bonchev–Trinajstić information content (AvgIpc) is 2.78. The first kappa shape index (κ1) is 14.9. The largest absolute Gasteiger partial charge is 1.00 e. The van der Waals surface area contributed by atoms with Gasteiger partial charge in [0.1, 0.15) is 7.05 Å². The van der Waals surface area contributed by atoms with E-state index in [1.54, 1.807) is 6.92 Å². The zero-order valence-electron chi connectivity index (χ0n) is 10.1. The molecule has 2 heterocycles. The highest BCUT2D eigenvalue weighted by molar-refractivity contribution is 6.99. The zero-order chi connectivity index (χ0) is 12.1. The van der Waals surface area contributed by atoms with Gasteiger partial charge in [0, 0.05) is 6.07 Å². The number of hydrogen-bond acceptors (Lipinski definition) is 4. The SMILES string of the molecule is CC#CCOc1nsnc1-c1ccc[n+](C)c1.[I-]. The second-order valence-electron chi connectivity index (χ2n) is 3.39. The van der Waals surface area contributed by atoms with Crippen LogP contribution in [0.4, 0.5) is 0 Å². The van der Waals surface area contributed by atoms with Crippen LogP contribution in [0.2, 0.25) is 0 Å². The maximum absolute atomic E-state index is 5.47. The fourth-order valence-corrected chi connectivity index (χ4v) is 1.88. The first-order valence-electron chi connectivity index (χ1n) is 5.12. The Kier molecular flexibility index (Phi) is 6.01. The second-order valence-corrected chi connectivity index (χ2v) is 3.92. The Morgan fingerprint density at radius 1 is 1.44 bits per heavy atom. The topological polar surface area (TPSA) is 38.9 Å². The van der Waals surface area contributed by atoms with Crippen molar-refractivity contribution < 1.29 is 33.3 Å². The normalized spacial score (nSPS) is 9.00. The van der Waals surface area contributed by atoms with E-state index in [0.717, 1.165) is 23.0 Å². The van der Waals surface area contributed by atoms with E-state index in [-0.39, 0.29) is 24.0 Å². The van der Waals surface area contributed by atoms with Crippen LogP contribution in [0, 0.1) is 11.8 Å².